The molecule has 0 aromatic heterocycles. The maximum absolute atomic E-state index is 10.6. The number of nitrogens with zero attached hydrogens (tertiary/aromatic N) is 1. The fourth-order valence-electron chi connectivity index (χ4n) is 1.55. The zero-order valence-electron chi connectivity index (χ0n) is 10.2. The molecule has 1 rings (SSSR count). The minimum atomic E-state index is 0.793. The van der Waals surface area contributed by atoms with Crippen molar-refractivity contribution in [1.29, 1.82) is 0 Å². The van der Waals surface area contributed by atoms with Gasteiger partial charge in [0.2, 0.25) is 0 Å². The highest BCUT2D eigenvalue weighted by molar-refractivity contribution is 5.81. The van der Waals surface area contributed by atoms with Crippen LogP contribution >= 0.6 is 0 Å². The van der Waals surface area contributed by atoms with Gasteiger partial charge in [-0.2, -0.15) is 0 Å². The molecule has 0 aliphatic carbocycles. The molecule has 0 amide bonds. The minimum absolute atomic E-state index is 0.793. The number of ether oxygens (including phenoxy) is 1. The number of carbonyl (C=O) groups is 1. The molecule has 0 atom stereocenters. The maximum Gasteiger partial charge on any atom is 0.144 e. The second kappa shape index (κ2) is 5.35. The van der Waals surface area contributed by atoms with Crippen molar-refractivity contribution in [2.24, 2.45) is 0 Å². The van der Waals surface area contributed by atoms with E-state index in [1.165, 1.54) is 0 Å². The van der Waals surface area contributed by atoms with Crippen LogP contribution in [0.3, 0.4) is 0 Å². The molecule has 1 aromatic rings. The lowest BCUT2D eigenvalue weighted by atomic mass is 10.1. The summed E-state index contributed by atoms with van der Waals surface area (Å²) < 4.78 is 5.26. The SMILES string of the molecule is COc1cc(/C(=C/C=O)N(C)C)ccc1C. The Morgan fingerprint density at radius 2 is 2.06 bits per heavy atom. The number of hydrogen-bond donors (Lipinski definition) is 0. The van der Waals surface area contributed by atoms with Crippen LogP contribution < -0.4 is 4.74 Å². The normalized spacial score (nSPS) is 11.1. The van der Waals surface area contributed by atoms with E-state index < -0.39 is 0 Å². The monoisotopic (exact) mass is 219 g/mol. The predicted octanol–water partition coefficient (Wildman–Crippen LogP) is 2.11. The second-order valence-corrected chi connectivity index (χ2v) is 3.77. The number of allylic oxidation sites excluding steroid dienone is 1. The molecule has 0 heterocycles. The molecule has 0 radical (unpaired) electrons. The van der Waals surface area contributed by atoms with Crippen molar-refractivity contribution in [2.75, 3.05) is 21.2 Å². The van der Waals surface area contributed by atoms with Crippen molar-refractivity contribution in [1.82, 2.24) is 4.90 Å². The molecule has 0 aliphatic heterocycles. The standard InChI is InChI=1S/C13H17NO2/c1-10-5-6-11(9-13(10)16-4)12(7-8-15)14(2)3/h5-9H,1-4H3/b12-7-. The fourth-order valence-corrected chi connectivity index (χ4v) is 1.55. The Bertz CT molecular complexity index is 408. The number of aryl methyl sites for hydroxylation is 1. The van der Waals surface area contributed by atoms with Crippen LogP contribution in [0.4, 0.5) is 0 Å². The summed E-state index contributed by atoms with van der Waals surface area (Å²) in [6.45, 7) is 1.99. The van der Waals surface area contributed by atoms with Gasteiger partial charge in [-0.3, -0.25) is 4.79 Å². The summed E-state index contributed by atoms with van der Waals surface area (Å²) >= 11 is 0. The van der Waals surface area contributed by atoms with Gasteiger partial charge in [0.05, 0.1) is 7.11 Å². The Morgan fingerprint density at radius 3 is 2.56 bits per heavy atom. The molecule has 3 heteroatoms. The van der Waals surface area contributed by atoms with Gasteiger partial charge in [-0.25, -0.2) is 0 Å². The van der Waals surface area contributed by atoms with E-state index in [4.69, 9.17) is 4.74 Å². The topological polar surface area (TPSA) is 29.5 Å². The molecule has 3 nitrogen and oxygen atoms in total. The van der Waals surface area contributed by atoms with Crippen LogP contribution in [0.5, 0.6) is 5.75 Å². The second-order valence-electron chi connectivity index (χ2n) is 3.77. The van der Waals surface area contributed by atoms with Crippen LogP contribution in [0.1, 0.15) is 11.1 Å². The molecule has 0 fully saturated rings. The first-order valence-corrected chi connectivity index (χ1v) is 5.08. The Kier molecular flexibility index (Phi) is 4.11. The summed E-state index contributed by atoms with van der Waals surface area (Å²) in [6.07, 6.45) is 2.34. The molecular weight excluding hydrogens is 202 g/mol. The molecule has 0 spiro atoms. The van der Waals surface area contributed by atoms with E-state index in [2.05, 4.69) is 0 Å². The van der Waals surface area contributed by atoms with E-state index in [9.17, 15) is 4.79 Å². The Hall–Kier alpha value is -1.77. The smallest absolute Gasteiger partial charge is 0.144 e. The molecular formula is C13H17NO2. The van der Waals surface area contributed by atoms with Crippen LogP contribution in [-0.4, -0.2) is 32.4 Å². The zero-order valence-corrected chi connectivity index (χ0v) is 10.2. The van der Waals surface area contributed by atoms with Gasteiger partial charge in [0.1, 0.15) is 12.0 Å². The van der Waals surface area contributed by atoms with E-state index in [0.29, 0.717) is 0 Å². The summed E-state index contributed by atoms with van der Waals surface area (Å²) in [4.78, 5) is 12.5. The highest BCUT2D eigenvalue weighted by Gasteiger charge is 2.06. The van der Waals surface area contributed by atoms with E-state index in [1.54, 1.807) is 13.2 Å². The highest BCUT2D eigenvalue weighted by Crippen LogP contribution is 2.24. The van der Waals surface area contributed by atoms with Crippen molar-refractivity contribution >= 4 is 12.0 Å². The van der Waals surface area contributed by atoms with Crippen LogP contribution in [0.15, 0.2) is 24.3 Å². The van der Waals surface area contributed by atoms with Gasteiger partial charge < -0.3 is 9.64 Å². The summed E-state index contributed by atoms with van der Waals surface area (Å²) in [5.74, 6) is 0.830. The molecule has 0 saturated carbocycles. The fraction of sp³-hybridized carbons (Fsp3) is 0.308. The molecule has 0 aliphatic rings. The first kappa shape index (κ1) is 12.3. The van der Waals surface area contributed by atoms with Gasteiger partial charge in [-0.05, 0) is 18.6 Å². The van der Waals surface area contributed by atoms with E-state index in [0.717, 1.165) is 28.9 Å². The van der Waals surface area contributed by atoms with Gasteiger partial charge in [-0.15, -0.1) is 0 Å². The first-order valence-electron chi connectivity index (χ1n) is 5.08. The van der Waals surface area contributed by atoms with Crippen LogP contribution in [0.25, 0.3) is 5.70 Å². The summed E-state index contributed by atoms with van der Waals surface area (Å²) in [5.41, 5.74) is 2.92. The third-order valence-electron chi connectivity index (χ3n) is 2.41. The van der Waals surface area contributed by atoms with E-state index in [1.807, 2.05) is 44.1 Å². The van der Waals surface area contributed by atoms with Crippen molar-refractivity contribution in [3.63, 3.8) is 0 Å². The van der Waals surface area contributed by atoms with Crippen LogP contribution in [-0.2, 0) is 4.79 Å². The van der Waals surface area contributed by atoms with Gasteiger partial charge in [0, 0.05) is 31.4 Å². The predicted molar refractivity (Wildman–Crippen MR) is 65.5 cm³/mol. The molecule has 0 unspecified atom stereocenters. The minimum Gasteiger partial charge on any atom is -0.496 e. The number of benzene rings is 1. The van der Waals surface area contributed by atoms with Gasteiger partial charge >= 0.3 is 0 Å². The average Bonchev–Trinajstić information content (AvgIpc) is 2.26. The zero-order chi connectivity index (χ0) is 12.1. The third-order valence-corrected chi connectivity index (χ3v) is 2.41. The number of rotatable bonds is 4. The molecule has 0 saturated heterocycles. The van der Waals surface area contributed by atoms with Gasteiger partial charge in [0.15, 0.2) is 0 Å². The Labute approximate surface area is 96.3 Å². The number of methoxy groups -OCH3 is 1. The van der Waals surface area contributed by atoms with Crippen molar-refractivity contribution in [3.8, 4) is 5.75 Å². The average molecular weight is 219 g/mol. The summed E-state index contributed by atoms with van der Waals surface area (Å²) in [5, 5.41) is 0. The van der Waals surface area contributed by atoms with Gasteiger partial charge in [-0.1, -0.05) is 12.1 Å². The van der Waals surface area contributed by atoms with Crippen LogP contribution in [0.2, 0.25) is 0 Å². The number of aldehydes is 1. The highest BCUT2D eigenvalue weighted by atomic mass is 16.5. The Morgan fingerprint density at radius 1 is 1.38 bits per heavy atom. The maximum atomic E-state index is 10.6. The molecule has 0 bridgehead atoms. The van der Waals surface area contributed by atoms with E-state index >= 15 is 0 Å². The van der Waals surface area contributed by atoms with Gasteiger partial charge in [0.25, 0.3) is 0 Å². The largest absolute Gasteiger partial charge is 0.496 e. The first-order chi connectivity index (χ1) is 7.60. The summed E-state index contributed by atoms with van der Waals surface area (Å²) in [6, 6.07) is 5.90. The lowest BCUT2D eigenvalue weighted by Gasteiger charge is -2.18. The molecule has 86 valence electrons. The number of carbonyl (C=O) groups excluding carboxylic acids is 1. The van der Waals surface area contributed by atoms with E-state index in [-0.39, 0.29) is 0 Å². The Balaban J connectivity index is 3.21. The lowest BCUT2D eigenvalue weighted by molar-refractivity contribution is -0.104. The third kappa shape index (κ3) is 2.63. The van der Waals surface area contributed by atoms with Crippen LogP contribution in [0, 0.1) is 6.92 Å². The van der Waals surface area contributed by atoms with Crippen molar-refractivity contribution in [2.45, 2.75) is 6.92 Å². The summed E-state index contributed by atoms with van der Waals surface area (Å²) in [7, 11) is 5.45. The van der Waals surface area contributed by atoms with Crippen molar-refractivity contribution < 1.29 is 9.53 Å². The lowest BCUT2D eigenvalue weighted by Crippen LogP contribution is -2.10. The van der Waals surface area contributed by atoms with Crippen molar-refractivity contribution in [3.05, 3.63) is 35.4 Å². The molecule has 16 heavy (non-hydrogen) atoms. The molecule has 0 N–H and O–H groups in total. The number of hydrogen-bond acceptors (Lipinski definition) is 3. The molecule has 1 aromatic carbocycles. The quantitative estimate of drug-likeness (QED) is 0.573.